The lowest BCUT2D eigenvalue weighted by Gasteiger charge is -2.16. The van der Waals surface area contributed by atoms with Gasteiger partial charge in [0.25, 0.3) is 11.1 Å². The lowest BCUT2D eigenvalue weighted by molar-refractivity contribution is -0.137. The summed E-state index contributed by atoms with van der Waals surface area (Å²) in [7, 11) is 0. The van der Waals surface area contributed by atoms with Crippen LogP contribution in [0.15, 0.2) is 53.4 Å². The third kappa shape index (κ3) is 6.36. The summed E-state index contributed by atoms with van der Waals surface area (Å²) in [5.74, 6) is -0.664. The molecule has 4 rings (SSSR count). The molecule has 0 atom stereocenters. The van der Waals surface area contributed by atoms with Crippen LogP contribution in [-0.2, 0) is 11.0 Å². The Bertz CT molecular complexity index is 1130. The third-order valence-corrected chi connectivity index (χ3v) is 6.40. The van der Waals surface area contributed by atoms with Crippen LogP contribution in [0.2, 0.25) is 0 Å². The van der Waals surface area contributed by atoms with E-state index in [-0.39, 0.29) is 25.7 Å². The number of thiocarbonyl (C=S) groups is 1. The fourth-order valence-electron chi connectivity index (χ4n) is 2.73. The van der Waals surface area contributed by atoms with Gasteiger partial charge in [-0.25, -0.2) is 4.79 Å². The van der Waals surface area contributed by atoms with Crippen LogP contribution in [0.25, 0.3) is 6.08 Å². The molecule has 172 valence electrons. The second-order valence-corrected chi connectivity index (χ2v) is 9.30. The van der Waals surface area contributed by atoms with Crippen LogP contribution < -0.4 is 10.2 Å². The molecule has 0 spiro atoms. The van der Waals surface area contributed by atoms with Crippen molar-refractivity contribution < 1.29 is 32.7 Å². The van der Waals surface area contributed by atoms with Crippen molar-refractivity contribution in [1.82, 2.24) is 5.32 Å². The molecule has 0 aliphatic carbocycles. The summed E-state index contributed by atoms with van der Waals surface area (Å²) in [5.41, 5.74) is -0.160. The Morgan fingerprint density at radius 3 is 2.36 bits per heavy atom. The summed E-state index contributed by atoms with van der Waals surface area (Å²) < 4.78 is 38.8. The van der Waals surface area contributed by atoms with Gasteiger partial charge in [-0.3, -0.25) is 14.5 Å². The Morgan fingerprint density at radius 2 is 1.85 bits per heavy atom. The topological polar surface area (TPSA) is 86.7 Å². The highest BCUT2D eigenvalue weighted by atomic mass is 32.2. The number of carbonyl (C=O) groups is 3. The fraction of sp³-hybridized carbons (Fsp3) is 0.143. The van der Waals surface area contributed by atoms with Gasteiger partial charge in [-0.05, 0) is 42.0 Å². The molecule has 33 heavy (non-hydrogen) atoms. The van der Waals surface area contributed by atoms with Crippen LogP contribution >= 0.6 is 35.7 Å². The zero-order valence-corrected chi connectivity index (χ0v) is 19.0. The maximum atomic E-state index is 12.9. The highest BCUT2D eigenvalue weighted by molar-refractivity contribution is 8.27. The lowest BCUT2D eigenvalue weighted by atomic mass is 10.1. The number of hydrogen-bond acceptors (Lipinski definition) is 6. The quantitative estimate of drug-likeness (QED) is 0.429. The Morgan fingerprint density at radius 1 is 1.15 bits per heavy atom. The van der Waals surface area contributed by atoms with Crippen LogP contribution in [0.1, 0.15) is 21.5 Å². The number of anilines is 1. The number of carboxylic acids is 1. The Balaban J connectivity index is 0.000000442. The van der Waals surface area contributed by atoms with E-state index >= 15 is 0 Å². The van der Waals surface area contributed by atoms with Gasteiger partial charge in [0.2, 0.25) is 0 Å². The highest BCUT2D eigenvalue weighted by Gasteiger charge is 2.36. The number of hydrogen-bond donors (Lipinski definition) is 2. The highest BCUT2D eigenvalue weighted by Crippen LogP contribution is 2.38. The molecule has 2 saturated heterocycles. The van der Waals surface area contributed by atoms with Crippen molar-refractivity contribution in [1.29, 1.82) is 0 Å². The predicted molar refractivity (Wildman–Crippen MR) is 126 cm³/mol. The van der Waals surface area contributed by atoms with Gasteiger partial charge in [0.15, 0.2) is 4.32 Å². The minimum atomic E-state index is -4.53. The first-order chi connectivity index (χ1) is 15.6. The van der Waals surface area contributed by atoms with Crippen molar-refractivity contribution in [2.24, 2.45) is 0 Å². The number of nitrogens with one attached hydrogen (secondary N) is 1. The Hall–Kier alpha value is -2.83. The summed E-state index contributed by atoms with van der Waals surface area (Å²) >= 11 is 7.47. The van der Waals surface area contributed by atoms with Crippen molar-refractivity contribution in [2.75, 3.05) is 17.2 Å². The first-order valence-corrected chi connectivity index (χ1v) is 11.5. The normalized spacial score (nSPS) is 17.1. The molecule has 2 N–H and O–H groups in total. The summed E-state index contributed by atoms with van der Waals surface area (Å²) in [5, 5.41) is 11.7. The van der Waals surface area contributed by atoms with Crippen molar-refractivity contribution in [2.45, 2.75) is 6.18 Å². The number of carboxylic acid groups (broad SMARTS) is 1. The summed E-state index contributed by atoms with van der Waals surface area (Å²) in [6.45, 7) is 0.851. The largest absolute Gasteiger partial charge is 0.478 e. The van der Waals surface area contributed by atoms with E-state index in [4.69, 9.17) is 17.3 Å². The van der Waals surface area contributed by atoms with Gasteiger partial charge >= 0.3 is 12.1 Å². The van der Waals surface area contributed by atoms with Crippen LogP contribution in [0.4, 0.5) is 23.7 Å². The smallest absolute Gasteiger partial charge is 0.416 e. The summed E-state index contributed by atoms with van der Waals surface area (Å²) in [6.07, 6.45) is -3.02. The molecular formula is C21H15F3N2O4S3. The van der Waals surface area contributed by atoms with Crippen LogP contribution in [0, 0.1) is 0 Å². The number of alkyl halides is 3. The summed E-state index contributed by atoms with van der Waals surface area (Å²) in [4.78, 5) is 34.9. The van der Waals surface area contributed by atoms with Crippen molar-refractivity contribution >= 4 is 68.9 Å². The molecule has 2 aromatic rings. The molecule has 0 bridgehead atoms. The molecule has 12 heteroatoms. The van der Waals surface area contributed by atoms with Gasteiger partial charge in [0.05, 0.1) is 21.7 Å². The standard InChI is InChI=1S/C18H10F3NO3S2.C3H5NOS/c19-18(20,21)12-2-1-3-13(9-12)22-15(23)14(27-17(22)26)8-10-4-6-11(7-5-10)16(24)25;5-3-4-1-2-6-3/h1-9H,(H,24,25);1-2H2,(H,4,5). The van der Waals surface area contributed by atoms with Gasteiger partial charge in [0, 0.05) is 12.3 Å². The van der Waals surface area contributed by atoms with E-state index in [1.165, 1.54) is 54.2 Å². The second kappa shape index (κ2) is 10.4. The number of rotatable bonds is 3. The van der Waals surface area contributed by atoms with E-state index in [0.717, 1.165) is 41.1 Å². The number of carbonyl (C=O) groups excluding carboxylic acids is 2. The average Bonchev–Trinajstić information content (AvgIpc) is 3.34. The SMILES string of the molecule is O=C(O)c1ccc(C=C2SC(=S)N(c3cccc(C(F)(F)F)c3)C2=O)cc1.O=C1NCCS1. The summed E-state index contributed by atoms with van der Waals surface area (Å²) in [6, 6.07) is 10.2. The Kier molecular flexibility index (Phi) is 7.82. The van der Waals surface area contributed by atoms with E-state index in [2.05, 4.69) is 5.32 Å². The van der Waals surface area contributed by atoms with E-state index in [1.807, 2.05) is 0 Å². The van der Waals surface area contributed by atoms with E-state index in [0.29, 0.717) is 5.56 Å². The van der Waals surface area contributed by atoms with Gasteiger partial charge in [-0.2, -0.15) is 13.2 Å². The van der Waals surface area contributed by atoms with Crippen LogP contribution in [0.5, 0.6) is 0 Å². The molecule has 0 unspecified atom stereocenters. The molecule has 0 radical (unpaired) electrons. The maximum absolute atomic E-state index is 12.9. The molecule has 2 amide bonds. The van der Waals surface area contributed by atoms with Gasteiger partial charge in [0.1, 0.15) is 0 Å². The molecule has 2 fully saturated rings. The molecule has 2 aliphatic heterocycles. The lowest BCUT2D eigenvalue weighted by Crippen LogP contribution is -2.27. The molecule has 0 saturated carbocycles. The van der Waals surface area contributed by atoms with E-state index in [1.54, 1.807) is 0 Å². The molecule has 2 aliphatic rings. The van der Waals surface area contributed by atoms with E-state index < -0.39 is 23.6 Å². The van der Waals surface area contributed by atoms with Gasteiger partial charge in [-0.15, -0.1) is 0 Å². The first kappa shape index (κ1) is 24.8. The fourth-order valence-corrected chi connectivity index (χ4v) is 4.63. The third-order valence-electron chi connectivity index (χ3n) is 4.29. The Labute approximate surface area is 200 Å². The number of benzene rings is 2. The van der Waals surface area contributed by atoms with Crippen LogP contribution in [0.3, 0.4) is 0 Å². The average molecular weight is 513 g/mol. The van der Waals surface area contributed by atoms with Gasteiger partial charge in [-0.1, -0.05) is 53.9 Å². The molecular weight excluding hydrogens is 497 g/mol. The number of aromatic carboxylic acids is 1. The number of thioether (sulfide) groups is 2. The molecule has 6 nitrogen and oxygen atoms in total. The number of nitrogens with zero attached hydrogens (tertiary/aromatic N) is 1. The zero-order valence-electron chi connectivity index (χ0n) is 16.6. The number of halogens is 3. The second-order valence-electron chi connectivity index (χ2n) is 6.56. The first-order valence-electron chi connectivity index (χ1n) is 9.25. The van der Waals surface area contributed by atoms with E-state index in [9.17, 15) is 27.6 Å². The van der Waals surface area contributed by atoms with Gasteiger partial charge < -0.3 is 10.4 Å². The number of amides is 2. The zero-order chi connectivity index (χ0) is 24.2. The molecule has 2 aromatic carbocycles. The predicted octanol–water partition coefficient (Wildman–Crippen LogP) is 5.25. The molecule has 2 heterocycles. The van der Waals surface area contributed by atoms with Crippen LogP contribution in [-0.4, -0.2) is 38.8 Å². The minimum Gasteiger partial charge on any atom is -0.478 e. The minimum absolute atomic E-state index is 0.0388. The van der Waals surface area contributed by atoms with Crippen molar-refractivity contribution in [3.8, 4) is 0 Å². The molecule has 0 aromatic heterocycles. The maximum Gasteiger partial charge on any atom is 0.416 e. The monoisotopic (exact) mass is 512 g/mol. The van der Waals surface area contributed by atoms with Crippen molar-refractivity contribution in [3.05, 3.63) is 70.1 Å². The van der Waals surface area contributed by atoms with Crippen molar-refractivity contribution in [3.63, 3.8) is 0 Å².